The van der Waals surface area contributed by atoms with Gasteiger partial charge in [-0.3, -0.25) is 4.79 Å². The van der Waals surface area contributed by atoms with Gasteiger partial charge in [0.25, 0.3) is 5.91 Å². The van der Waals surface area contributed by atoms with Crippen LogP contribution >= 0.6 is 11.8 Å². The molecule has 1 amide bonds. The van der Waals surface area contributed by atoms with Gasteiger partial charge in [0.15, 0.2) is 15.0 Å². The predicted molar refractivity (Wildman–Crippen MR) is 107 cm³/mol. The number of sulfone groups is 1. The van der Waals surface area contributed by atoms with Crippen LogP contribution in [-0.2, 0) is 21.1 Å². The normalized spacial score (nSPS) is 37.0. The third kappa shape index (κ3) is 3.38. The summed E-state index contributed by atoms with van der Waals surface area (Å²) in [7, 11) is -3.02. The van der Waals surface area contributed by atoms with Crippen LogP contribution in [0.5, 0.6) is 0 Å². The van der Waals surface area contributed by atoms with Crippen molar-refractivity contribution in [2.45, 2.75) is 49.4 Å². The molecular weight excluding hydrogens is 399 g/mol. The number of nitrogens with zero attached hydrogens (tertiary/aromatic N) is 2. The summed E-state index contributed by atoms with van der Waals surface area (Å²) in [6, 6.07) is 6.14. The summed E-state index contributed by atoms with van der Waals surface area (Å²) < 4.78 is 37.4. The van der Waals surface area contributed by atoms with Gasteiger partial charge in [0, 0.05) is 11.3 Å². The highest BCUT2D eigenvalue weighted by atomic mass is 32.2. The molecule has 2 aliphatic heterocycles. The van der Waals surface area contributed by atoms with Gasteiger partial charge in [-0.05, 0) is 48.8 Å². The third-order valence-electron chi connectivity index (χ3n) is 6.65. The lowest BCUT2D eigenvalue weighted by Crippen LogP contribution is -2.47. The van der Waals surface area contributed by atoms with E-state index in [4.69, 9.17) is 0 Å². The van der Waals surface area contributed by atoms with Gasteiger partial charge in [-0.1, -0.05) is 30.3 Å². The Kier molecular flexibility index (Phi) is 4.54. The molecule has 2 aliphatic carbocycles. The van der Waals surface area contributed by atoms with Crippen LogP contribution in [0.25, 0.3) is 0 Å². The number of fused-ring (bicyclic) bond motifs is 3. The molecule has 1 aromatic carbocycles. The van der Waals surface area contributed by atoms with Crippen LogP contribution in [0.4, 0.5) is 4.39 Å². The van der Waals surface area contributed by atoms with Crippen molar-refractivity contribution in [1.82, 2.24) is 4.90 Å². The van der Waals surface area contributed by atoms with E-state index in [2.05, 4.69) is 9.89 Å². The highest BCUT2D eigenvalue weighted by molar-refractivity contribution is 8.15. The van der Waals surface area contributed by atoms with E-state index in [1.54, 1.807) is 12.1 Å². The van der Waals surface area contributed by atoms with Crippen molar-refractivity contribution in [3.05, 3.63) is 35.6 Å². The number of aliphatic imine (C=N–C) groups is 1. The Balaban J connectivity index is 1.40. The number of amides is 1. The highest BCUT2D eigenvalue weighted by Gasteiger charge is 2.54. The molecule has 4 aliphatic rings. The average molecular weight is 423 g/mol. The van der Waals surface area contributed by atoms with Crippen LogP contribution in [-0.4, -0.2) is 53.2 Å². The number of amidine groups is 1. The van der Waals surface area contributed by atoms with E-state index in [9.17, 15) is 17.6 Å². The fourth-order valence-corrected chi connectivity index (χ4v) is 9.44. The zero-order valence-corrected chi connectivity index (χ0v) is 17.1. The number of halogens is 1. The van der Waals surface area contributed by atoms with Gasteiger partial charge >= 0.3 is 0 Å². The molecule has 28 heavy (non-hydrogen) atoms. The summed E-state index contributed by atoms with van der Waals surface area (Å²) >= 11 is 1.46. The number of thioether (sulfide) groups is 1. The maximum atomic E-state index is 13.1. The van der Waals surface area contributed by atoms with Crippen molar-refractivity contribution in [3.63, 3.8) is 0 Å². The Morgan fingerprint density at radius 3 is 2.61 bits per heavy atom. The summed E-state index contributed by atoms with van der Waals surface area (Å²) in [5.74, 6) is 1.07. The van der Waals surface area contributed by atoms with E-state index >= 15 is 0 Å². The Labute approximate surface area is 168 Å². The van der Waals surface area contributed by atoms with Gasteiger partial charge in [-0.15, -0.1) is 0 Å². The van der Waals surface area contributed by atoms with Crippen LogP contribution in [0.15, 0.2) is 29.3 Å². The van der Waals surface area contributed by atoms with Crippen molar-refractivity contribution in [3.8, 4) is 0 Å². The van der Waals surface area contributed by atoms with Crippen molar-refractivity contribution < 1.29 is 17.6 Å². The zero-order valence-electron chi connectivity index (χ0n) is 15.5. The molecule has 0 radical (unpaired) electrons. The molecule has 1 aromatic rings. The van der Waals surface area contributed by atoms with Gasteiger partial charge < -0.3 is 4.90 Å². The fraction of sp³-hybridized carbons (Fsp3) is 0.600. The first kappa shape index (κ1) is 18.6. The lowest BCUT2D eigenvalue weighted by molar-refractivity contribution is -0.117. The van der Waals surface area contributed by atoms with Gasteiger partial charge in [-0.25, -0.2) is 12.8 Å². The minimum atomic E-state index is -3.02. The largest absolute Gasteiger partial charge is 0.343 e. The molecule has 2 bridgehead atoms. The first-order valence-electron chi connectivity index (χ1n) is 9.89. The van der Waals surface area contributed by atoms with Crippen molar-refractivity contribution in [2.75, 3.05) is 11.5 Å². The summed E-state index contributed by atoms with van der Waals surface area (Å²) in [5, 5.41) is 0.677. The van der Waals surface area contributed by atoms with Crippen molar-refractivity contribution in [2.24, 2.45) is 16.8 Å². The third-order valence-corrected chi connectivity index (χ3v) is 9.88. The second kappa shape index (κ2) is 6.83. The maximum absolute atomic E-state index is 13.1. The fourth-order valence-electron chi connectivity index (χ4n) is 5.45. The second-order valence-corrected chi connectivity index (χ2v) is 11.9. The van der Waals surface area contributed by atoms with Gasteiger partial charge in [0.05, 0.1) is 24.0 Å². The molecule has 0 spiro atoms. The quantitative estimate of drug-likeness (QED) is 0.749. The molecule has 0 aromatic heterocycles. The molecular formula is C20H23FN2O3S2. The Morgan fingerprint density at radius 1 is 1.14 bits per heavy atom. The van der Waals surface area contributed by atoms with Crippen LogP contribution in [0.3, 0.4) is 0 Å². The minimum absolute atomic E-state index is 0.0264. The summed E-state index contributed by atoms with van der Waals surface area (Å²) in [6.45, 7) is 0. The number of hydrogen-bond donors (Lipinski definition) is 0. The molecule has 2 saturated carbocycles. The molecule has 5 atom stereocenters. The van der Waals surface area contributed by atoms with E-state index in [1.807, 2.05) is 0 Å². The average Bonchev–Trinajstić information content (AvgIpc) is 3.36. The molecule has 2 saturated heterocycles. The van der Waals surface area contributed by atoms with Crippen LogP contribution in [0.2, 0.25) is 0 Å². The Morgan fingerprint density at radius 2 is 1.93 bits per heavy atom. The monoisotopic (exact) mass is 422 g/mol. The van der Waals surface area contributed by atoms with Gasteiger partial charge in [0.2, 0.25) is 0 Å². The molecule has 4 fully saturated rings. The minimum Gasteiger partial charge on any atom is -0.343 e. The smallest absolute Gasteiger partial charge is 0.252 e. The standard InChI is InChI=1S/C20H23FN2O3S2/c21-15-5-2-12(3-6-15)9-19(24)22-20-23(16-8-13-1-4-14(16)7-13)17-10-28(25,26)11-18(17)27-20/h2-3,5-6,13-14,16-18H,1,4,7-11H2/t13-,14-,16-,17-,18+/m0/s1. The lowest BCUT2D eigenvalue weighted by Gasteiger charge is -2.36. The number of carbonyl (C=O) groups is 1. The molecule has 5 rings (SSSR count). The molecule has 5 nitrogen and oxygen atoms in total. The molecule has 8 heteroatoms. The topological polar surface area (TPSA) is 66.8 Å². The zero-order chi connectivity index (χ0) is 19.5. The number of rotatable bonds is 3. The summed E-state index contributed by atoms with van der Waals surface area (Å²) in [5.41, 5.74) is 0.730. The molecule has 0 unspecified atom stereocenters. The van der Waals surface area contributed by atoms with Crippen molar-refractivity contribution >= 4 is 32.7 Å². The SMILES string of the molecule is O=C(Cc1ccc(F)cc1)N=C1S[C@@H]2CS(=O)(=O)C[C@@H]2N1[C@H]1C[C@H]2CC[C@H]1C2. The lowest BCUT2D eigenvalue weighted by atomic mass is 9.93. The summed E-state index contributed by atoms with van der Waals surface area (Å²) in [4.78, 5) is 19.2. The van der Waals surface area contributed by atoms with Crippen molar-refractivity contribution in [1.29, 1.82) is 0 Å². The Bertz CT molecular complexity index is 931. The van der Waals surface area contributed by atoms with E-state index in [0.29, 0.717) is 17.1 Å². The Hall–Kier alpha value is -1.41. The number of benzene rings is 1. The van der Waals surface area contributed by atoms with Gasteiger partial charge in [-0.2, -0.15) is 4.99 Å². The van der Waals surface area contributed by atoms with E-state index < -0.39 is 9.84 Å². The second-order valence-electron chi connectivity index (χ2n) is 8.54. The van der Waals surface area contributed by atoms with Gasteiger partial charge in [0.1, 0.15) is 5.82 Å². The van der Waals surface area contributed by atoms with Crippen LogP contribution in [0.1, 0.15) is 31.2 Å². The van der Waals surface area contributed by atoms with E-state index in [1.165, 1.54) is 43.2 Å². The maximum Gasteiger partial charge on any atom is 0.252 e. The first-order valence-corrected chi connectivity index (χ1v) is 12.6. The number of carbonyl (C=O) groups excluding carboxylic acids is 1. The number of hydrogen-bond acceptors (Lipinski definition) is 4. The first-order chi connectivity index (χ1) is 13.4. The van der Waals surface area contributed by atoms with Crippen LogP contribution in [0, 0.1) is 17.7 Å². The van der Waals surface area contributed by atoms with E-state index in [0.717, 1.165) is 17.9 Å². The highest BCUT2D eigenvalue weighted by Crippen LogP contribution is 2.51. The molecule has 2 heterocycles. The molecule has 150 valence electrons. The van der Waals surface area contributed by atoms with E-state index in [-0.39, 0.29) is 40.9 Å². The molecule has 0 N–H and O–H groups in total. The predicted octanol–water partition coefficient (Wildman–Crippen LogP) is 2.65. The summed E-state index contributed by atoms with van der Waals surface area (Å²) in [6.07, 6.45) is 4.89. The van der Waals surface area contributed by atoms with Crippen LogP contribution < -0.4 is 0 Å².